The minimum absolute atomic E-state index is 0.444. The lowest BCUT2D eigenvalue weighted by Gasteiger charge is -2.04. The second kappa shape index (κ2) is 3.50. The van der Waals surface area contributed by atoms with Crippen molar-refractivity contribution in [3.8, 4) is 11.5 Å². The lowest BCUT2D eigenvalue weighted by Crippen LogP contribution is -2.07. The number of aromatic amines is 2. The molecule has 14 heavy (non-hydrogen) atoms. The SMILES string of the molecule is CN(C)c1nc(-c2nc(=S)[nH][nH]2)cs1. The molecule has 2 rings (SSSR count). The van der Waals surface area contributed by atoms with Gasteiger partial charge in [0.1, 0.15) is 5.69 Å². The quantitative estimate of drug-likeness (QED) is 0.766. The van der Waals surface area contributed by atoms with Gasteiger partial charge in [-0.1, -0.05) is 0 Å². The molecule has 2 heterocycles. The average Bonchev–Trinajstić information content (AvgIpc) is 2.70. The Morgan fingerprint density at radius 3 is 2.64 bits per heavy atom. The summed E-state index contributed by atoms with van der Waals surface area (Å²) in [4.78, 5) is 10.4. The van der Waals surface area contributed by atoms with Crippen molar-refractivity contribution in [2.45, 2.75) is 0 Å². The number of aromatic nitrogens is 4. The van der Waals surface area contributed by atoms with Gasteiger partial charge in [-0.3, -0.25) is 10.2 Å². The van der Waals surface area contributed by atoms with Gasteiger partial charge in [-0.15, -0.1) is 11.3 Å². The highest BCUT2D eigenvalue weighted by Crippen LogP contribution is 2.23. The topological polar surface area (TPSA) is 60.6 Å². The number of nitrogens with one attached hydrogen (secondary N) is 2. The zero-order valence-corrected chi connectivity index (χ0v) is 9.37. The van der Waals surface area contributed by atoms with Crippen LogP contribution in [0.25, 0.3) is 11.5 Å². The molecular formula is C7H9N5S2. The van der Waals surface area contributed by atoms with E-state index in [1.54, 1.807) is 11.3 Å². The maximum Gasteiger partial charge on any atom is 0.213 e. The molecule has 0 aliphatic carbocycles. The Morgan fingerprint density at radius 2 is 2.14 bits per heavy atom. The molecule has 0 bridgehead atoms. The Kier molecular flexibility index (Phi) is 2.34. The van der Waals surface area contributed by atoms with Crippen molar-refractivity contribution in [3.05, 3.63) is 10.2 Å². The molecule has 0 saturated carbocycles. The summed E-state index contributed by atoms with van der Waals surface area (Å²) in [6.07, 6.45) is 0. The Labute approximate surface area is 89.8 Å². The first kappa shape index (κ1) is 9.35. The largest absolute Gasteiger partial charge is 0.354 e. The van der Waals surface area contributed by atoms with Gasteiger partial charge in [-0.05, 0) is 12.2 Å². The highest BCUT2D eigenvalue weighted by molar-refractivity contribution is 7.71. The van der Waals surface area contributed by atoms with E-state index < -0.39 is 0 Å². The maximum atomic E-state index is 4.86. The number of anilines is 1. The Hall–Kier alpha value is -1.21. The van der Waals surface area contributed by atoms with Gasteiger partial charge in [0.05, 0.1) is 0 Å². The van der Waals surface area contributed by atoms with Crippen molar-refractivity contribution < 1.29 is 0 Å². The van der Waals surface area contributed by atoms with E-state index >= 15 is 0 Å². The highest BCUT2D eigenvalue weighted by Gasteiger charge is 2.07. The van der Waals surface area contributed by atoms with Crippen LogP contribution in [0.5, 0.6) is 0 Å². The molecule has 0 aliphatic rings. The fourth-order valence-corrected chi connectivity index (χ4v) is 1.86. The van der Waals surface area contributed by atoms with Crippen LogP contribution in [0, 0.1) is 4.77 Å². The summed E-state index contributed by atoms with van der Waals surface area (Å²) in [5.41, 5.74) is 0.811. The van der Waals surface area contributed by atoms with Crippen molar-refractivity contribution in [1.82, 2.24) is 20.2 Å². The first-order chi connectivity index (χ1) is 6.66. The van der Waals surface area contributed by atoms with Crippen LogP contribution < -0.4 is 4.90 Å². The molecule has 0 aromatic carbocycles. The zero-order chi connectivity index (χ0) is 10.1. The van der Waals surface area contributed by atoms with Crippen molar-refractivity contribution in [1.29, 1.82) is 0 Å². The third-order valence-electron chi connectivity index (χ3n) is 1.62. The molecule has 2 N–H and O–H groups in total. The summed E-state index contributed by atoms with van der Waals surface area (Å²) in [6, 6.07) is 0. The highest BCUT2D eigenvalue weighted by atomic mass is 32.1. The summed E-state index contributed by atoms with van der Waals surface area (Å²) in [5, 5.41) is 8.48. The summed E-state index contributed by atoms with van der Waals surface area (Å²) < 4.78 is 0.444. The van der Waals surface area contributed by atoms with Crippen LogP contribution in [0.4, 0.5) is 5.13 Å². The van der Waals surface area contributed by atoms with E-state index in [4.69, 9.17) is 12.2 Å². The van der Waals surface area contributed by atoms with Crippen molar-refractivity contribution >= 4 is 28.7 Å². The number of hydrogen-bond acceptors (Lipinski definition) is 5. The van der Waals surface area contributed by atoms with Crippen molar-refractivity contribution in [2.24, 2.45) is 0 Å². The van der Waals surface area contributed by atoms with E-state index in [0.717, 1.165) is 10.8 Å². The Bertz CT molecular complexity index is 480. The van der Waals surface area contributed by atoms with E-state index in [-0.39, 0.29) is 0 Å². The fraction of sp³-hybridized carbons (Fsp3) is 0.286. The molecule has 0 aliphatic heterocycles. The number of nitrogens with zero attached hydrogens (tertiary/aromatic N) is 3. The minimum Gasteiger partial charge on any atom is -0.354 e. The molecule has 2 aromatic rings. The van der Waals surface area contributed by atoms with Crippen LogP contribution in [-0.4, -0.2) is 34.3 Å². The molecule has 0 radical (unpaired) electrons. The van der Waals surface area contributed by atoms with Crippen LogP contribution in [0.1, 0.15) is 0 Å². The van der Waals surface area contributed by atoms with E-state index in [0.29, 0.717) is 10.6 Å². The predicted molar refractivity (Wildman–Crippen MR) is 59.2 cm³/mol. The molecule has 5 nitrogen and oxygen atoms in total. The average molecular weight is 227 g/mol. The zero-order valence-electron chi connectivity index (χ0n) is 7.74. The molecular weight excluding hydrogens is 218 g/mol. The van der Waals surface area contributed by atoms with Crippen LogP contribution >= 0.6 is 23.6 Å². The standard InChI is InChI=1S/C7H9N5S2/c1-12(2)7-8-4(3-14-7)5-9-6(13)11-10-5/h3H,1-2H3,(H2,9,10,11,13). The van der Waals surface area contributed by atoms with Gasteiger partial charge in [-0.2, -0.15) is 4.98 Å². The number of hydrogen-bond donors (Lipinski definition) is 2. The van der Waals surface area contributed by atoms with E-state index in [1.165, 1.54) is 0 Å². The van der Waals surface area contributed by atoms with Crippen LogP contribution in [0.2, 0.25) is 0 Å². The predicted octanol–water partition coefficient (Wildman–Crippen LogP) is 1.66. The lowest BCUT2D eigenvalue weighted by atomic mass is 10.5. The van der Waals surface area contributed by atoms with Gasteiger partial charge in [-0.25, -0.2) is 4.98 Å². The first-order valence-electron chi connectivity index (χ1n) is 3.95. The third-order valence-corrected chi connectivity index (χ3v) is 2.82. The second-order valence-corrected chi connectivity index (χ2v) is 4.15. The summed E-state index contributed by atoms with van der Waals surface area (Å²) in [7, 11) is 3.91. The second-order valence-electron chi connectivity index (χ2n) is 2.93. The molecule has 74 valence electrons. The van der Waals surface area contributed by atoms with E-state index in [2.05, 4.69) is 20.2 Å². The van der Waals surface area contributed by atoms with Crippen LogP contribution in [0.15, 0.2) is 5.38 Å². The molecule has 7 heteroatoms. The molecule has 0 fully saturated rings. The molecule has 0 unspecified atom stereocenters. The van der Waals surface area contributed by atoms with Gasteiger partial charge < -0.3 is 4.90 Å². The molecule has 0 atom stereocenters. The summed E-state index contributed by atoms with van der Waals surface area (Å²) in [5.74, 6) is 0.680. The van der Waals surface area contributed by atoms with Crippen LogP contribution in [-0.2, 0) is 0 Å². The Morgan fingerprint density at radius 1 is 1.36 bits per heavy atom. The number of thiazole rings is 1. The third kappa shape index (κ3) is 1.68. The summed E-state index contributed by atoms with van der Waals surface area (Å²) in [6.45, 7) is 0. The first-order valence-corrected chi connectivity index (χ1v) is 5.23. The lowest BCUT2D eigenvalue weighted by molar-refractivity contribution is 1.07. The maximum absolute atomic E-state index is 4.86. The molecule has 0 amide bonds. The van der Waals surface area contributed by atoms with E-state index in [9.17, 15) is 0 Å². The number of rotatable bonds is 2. The molecule has 0 spiro atoms. The number of H-pyrrole nitrogens is 2. The molecule has 2 aromatic heterocycles. The van der Waals surface area contributed by atoms with Gasteiger partial charge in [0.15, 0.2) is 11.0 Å². The van der Waals surface area contributed by atoms with Gasteiger partial charge in [0.2, 0.25) is 4.77 Å². The monoisotopic (exact) mass is 227 g/mol. The van der Waals surface area contributed by atoms with Gasteiger partial charge >= 0.3 is 0 Å². The molecule has 0 saturated heterocycles. The minimum atomic E-state index is 0.444. The van der Waals surface area contributed by atoms with Crippen LogP contribution in [0.3, 0.4) is 0 Å². The Balaban J connectivity index is 2.38. The normalized spacial score (nSPS) is 10.4. The van der Waals surface area contributed by atoms with Gasteiger partial charge in [0.25, 0.3) is 0 Å². The fourth-order valence-electron chi connectivity index (χ4n) is 0.970. The van der Waals surface area contributed by atoms with E-state index in [1.807, 2.05) is 24.4 Å². The summed E-state index contributed by atoms with van der Waals surface area (Å²) >= 11 is 6.43. The smallest absolute Gasteiger partial charge is 0.213 e. The van der Waals surface area contributed by atoms with Crippen molar-refractivity contribution in [2.75, 3.05) is 19.0 Å². The van der Waals surface area contributed by atoms with Crippen molar-refractivity contribution in [3.63, 3.8) is 0 Å². The van der Waals surface area contributed by atoms with Gasteiger partial charge in [0, 0.05) is 19.5 Å².